The number of phosphoric acid groups is 2. The Morgan fingerprint density at radius 3 is 0.827 bits per heavy atom. The van der Waals surface area contributed by atoms with Crippen LogP contribution in [-0.4, -0.2) is 96.7 Å². The van der Waals surface area contributed by atoms with Crippen molar-refractivity contribution in [3.63, 3.8) is 0 Å². The average molecular weight is 1500 g/mol. The molecule has 5 atom stereocenters. The van der Waals surface area contributed by atoms with Crippen LogP contribution in [0.1, 0.15) is 310 Å². The van der Waals surface area contributed by atoms with E-state index in [0.717, 1.165) is 205 Å². The Hall–Kier alpha value is -5.06. The van der Waals surface area contributed by atoms with Crippen LogP contribution in [0.15, 0.2) is 146 Å². The molecular weight excluding hydrogens is 1350 g/mol. The van der Waals surface area contributed by atoms with Crippen molar-refractivity contribution in [1.82, 2.24) is 0 Å². The molecule has 0 radical (unpaired) electrons. The summed E-state index contributed by atoms with van der Waals surface area (Å²) in [7, 11) is -9.99. The van der Waals surface area contributed by atoms with Gasteiger partial charge in [0, 0.05) is 25.7 Å². The molecule has 0 heterocycles. The number of carbonyl (C=O) groups is 4. The Balaban J connectivity index is 5.40. The molecule has 0 aliphatic carbocycles. The first-order valence-corrected chi connectivity index (χ1v) is 43.1. The number of phosphoric ester groups is 2. The lowest BCUT2D eigenvalue weighted by Crippen LogP contribution is -2.30. The maximum Gasteiger partial charge on any atom is 0.472 e. The van der Waals surface area contributed by atoms with Gasteiger partial charge in [-0.1, -0.05) is 270 Å². The van der Waals surface area contributed by atoms with Gasteiger partial charge in [0.05, 0.1) is 26.4 Å². The van der Waals surface area contributed by atoms with Crippen LogP contribution in [-0.2, 0) is 65.4 Å². The number of aliphatic hydroxyl groups is 1. The summed E-state index contributed by atoms with van der Waals surface area (Å²) in [5, 5.41) is 10.6. The molecule has 0 saturated carbocycles. The molecule has 0 aliphatic rings. The van der Waals surface area contributed by atoms with Crippen molar-refractivity contribution in [1.29, 1.82) is 0 Å². The molecule has 0 aromatic heterocycles. The lowest BCUT2D eigenvalue weighted by molar-refractivity contribution is -0.161. The first-order valence-electron chi connectivity index (χ1n) is 40.1. The van der Waals surface area contributed by atoms with E-state index >= 15 is 0 Å². The van der Waals surface area contributed by atoms with Gasteiger partial charge in [-0.15, -0.1) is 0 Å². The molecule has 104 heavy (non-hydrogen) atoms. The number of hydrogen-bond donors (Lipinski definition) is 3. The van der Waals surface area contributed by atoms with Gasteiger partial charge < -0.3 is 33.8 Å². The molecule has 594 valence electrons. The summed E-state index contributed by atoms with van der Waals surface area (Å²) in [5.74, 6) is -2.27. The maximum atomic E-state index is 13.1. The average Bonchev–Trinajstić information content (AvgIpc) is 0.925. The summed E-state index contributed by atoms with van der Waals surface area (Å²) >= 11 is 0. The second-order valence-electron chi connectivity index (χ2n) is 26.2. The number of carbonyl (C=O) groups excluding carboxylic acids is 4. The third kappa shape index (κ3) is 75.2. The van der Waals surface area contributed by atoms with Gasteiger partial charge in [0.2, 0.25) is 0 Å². The van der Waals surface area contributed by atoms with Crippen molar-refractivity contribution in [3.8, 4) is 0 Å². The van der Waals surface area contributed by atoms with Crippen LogP contribution < -0.4 is 0 Å². The van der Waals surface area contributed by atoms with Gasteiger partial charge in [-0.3, -0.25) is 37.3 Å². The number of ether oxygens (including phenoxy) is 4. The Morgan fingerprint density at radius 2 is 0.519 bits per heavy atom. The van der Waals surface area contributed by atoms with E-state index in [9.17, 15) is 43.2 Å². The van der Waals surface area contributed by atoms with E-state index in [1.807, 2.05) is 0 Å². The Labute approximate surface area is 630 Å². The van der Waals surface area contributed by atoms with E-state index in [-0.39, 0.29) is 25.7 Å². The van der Waals surface area contributed by atoms with Crippen molar-refractivity contribution in [2.75, 3.05) is 39.6 Å². The first-order chi connectivity index (χ1) is 50.7. The lowest BCUT2D eigenvalue weighted by Gasteiger charge is -2.21. The second kappa shape index (κ2) is 76.1. The minimum Gasteiger partial charge on any atom is -0.462 e. The number of unbranched alkanes of at least 4 members (excludes halogenated alkanes) is 24. The first kappa shape index (κ1) is 98.9. The SMILES string of the molecule is CC/C=C\C/C=C\C/C=C\C/C=C\CCCCC(=O)OC(COC(=O)CCCCCCCCC/C=C\C/C=C\C/C=C\CC)COP(=O)(O)OCC(O)COP(=O)(O)OCC(COC(=O)CCCCCCCC/C=C\C/C=C\C/C=C\CCCCC)OC(=O)CCCCCCC/C=C\C/C=C\CCC. The summed E-state index contributed by atoms with van der Waals surface area (Å²) in [4.78, 5) is 73.0. The quantitative estimate of drug-likeness (QED) is 0.0169. The van der Waals surface area contributed by atoms with Crippen LogP contribution in [0.25, 0.3) is 0 Å². The summed E-state index contributed by atoms with van der Waals surface area (Å²) in [6, 6.07) is 0. The third-order valence-corrected chi connectivity index (χ3v) is 18.2. The van der Waals surface area contributed by atoms with Crippen molar-refractivity contribution < 1.29 is 80.2 Å². The van der Waals surface area contributed by atoms with E-state index in [2.05, 4.69) is 174 Å². The predicted molar refractivity (Wildman–Crippen MR) is 427 cm³/mol. The molecule has 5 unspecified atom stereocenters. The molecule has 0 saturated heterocycles. The van der Waals surface area contributed by atoms with E-state index in [4.69, 9.17) is 37.0 Å². The number of aliphatic hydroxyl groups excluding tert-OH is 1. The summed E-state index contributed by atoms with van der Waals surface area (Å²) in [5.41, 5.74) is 0. The molecule has 0 fully saturated rings. The lowest BCUT2D eigenvalue weighted by atomic mass is 10.1. The zero-order valence-corrected chi connectivity index (χ0v) is 66.7. The molecule has 0 aromatic carbocycles. The molecule has 17 nitrogen and oxygen atoms in total. The van der Waals surface area contributed by atoms with Gasteiger partial charge in [-0.05, 0) is 161 Å². The summed E-state index contributed by atoms with van der Waals surface area (Å²) in [6.45, 7) is 4.47. The molecule has 3 N–H and O–H groups in total. The number of allylic oxidation sites excluding steroid dienone is 24. The molecule has 0 rings (SSSR count). The topological polar surface area (TPSA) is 237 Å². The van der Waals surface area contributed by atoms with Gasteiger partial charge in [-0.2, -0.15) is 0 Å². The zero-order valence-electron chi connectivity index (χ0n) is 64.9. The number of rotatable bonds is 74. The van der Waals surface area contributed by atoms with Crippen LogP contribution in [0.4, 0.5) is 0 Å². The smallest absolute Gasteiger partial charge is 0.462 e. The predicted octanol–water partition coefficient (Wildman–Crippen LogP) is 23.4. The number of hydrogen-bond acceptors (Lipinski definition) is 15. The van der Waals surface area contributed by atoms with E-state index in [1.54, 1.807) is 0 Å². The van der Waals surface area contributed by atoms with Crippen LogP contribution in [0.2, 0.25) is 0 Å². The minimum atomic E-state index is -5.00. The minimum absolute atomic E-state index is 0.0361. The van der Waals surface area contributed by atoms with Crippen LogP contribution in [0.3, 0.4) is 0 Å². The van der Waals surface area contributed by atoms with Crippen molar-refractivity contribution in [3.05, 3.63) is 146 Å². The standard InChI is InChI=1S/C85H142O17P2/c1-5-9-13-17-21-25-29-33-36-38-39-41-44-47-50-54-58-62-66-70-83(88)95-75-80(101-84(89)71-67-63-59-55-51-45-32-28-24-20-16-12-8-4)77-99-103(91,92)97-73-79(86)74-98-104(93,94)100-78-81(102-85(90)72-68-64-60-56-52-48-42-35-31-27-23-19-15-11-7-3)76-96-82(87)69-65-61-57-53-49-46-43-40-37-34-30-26-22-18-14-10-6-2/h10-11,14-16,20-23,25-28,32-37,39,41-42,52,56,79-81,86H,5-9,12-13,17-19,24,29-31,38,40,43-51,53-55,57-78H2,1-4H3,(H,91,92)(H,93,94)/b14-10-,15-11-,20-16-,25-21-,26-22-,27-23-,32-28-,36-33-,37-34-,41-39-,42-35-,56-52-. The van der Waals surface area contributed by atoms with Gasteiger partial charge in [0.25, 0.3) is 0 Å². The van der Waals surface area contributed by atoms with Crippen molar-refractivity contribution >= 4 is 39.5 Å². The van der Waals surface area contributed by atoms with E-state index < -0.39 is 97.5 Å². The summed E-state index contributed by atoms with van der Waals surface area (Å²) < 4.78 is 68.6. The van der Waals surface area contributed by atoms with Gasteiger partial charge >= 0.3 is 39.5 Å². The molecule has 0 bridgehead atoms. The van der Waals surface area contributed by atoms with Crippen molar-refractivity contribution in [2.45, 2.75) is 329 Å². The van der Waals surface area contributed by atoms with E-state index in [1.165, 1.54) is 19.3 Å². The third-order valence-electron chi connectivity index (χ3n) is 16.2. The van der Waals surface area contributed by atoms with Crippen molar-refractivity contribution in [2.24, 2.45) is 0 Å². The number of esters is 4. The summed E-state index contributed by atoms with van der Waals surface area (Å²) in [6.07, 6.45) is 86.8. The largest absolute Gasteiger partial charge is 0.472 e. The fourth-order valence-electron chi connectivity index (χ4n) is 10.2. The molecular formula is C85H142O17P2. The zero-order chi connectivity index (χ0) is 76.0. The van der Waals surface area contributed by atoms with Gasteiger partial charge in [0.1, 0.15) is 19.3 Å². The second-order valence-corrected chi connectivity index (χ2v) is 29.1. The molecule has 0 aromatic rings. The molecule has 0 aliphatic heterocycles. The molecule has 0 spiro atoms. The van der Waals surface area contributed by atoms with Crippen LogP contribution >= 0.6 is 15.6 Å². The van der Waals surface area contributed by atoms with Crippen LogP contribution in [0, 0.1) is 0 Å². The highest BCUT2D eigenvalue weighted by molar-refractivity contribution is 7.47. The highest BCUT2D eigenvalue weighted by Gasteiger charge is 2.30. The normalized spacial score (nSPS) is 14.6. The Bertz CT molecular complexity index is 2540. The molecule has 19 heteroatoms. The monoisotopic (exact) mass is 1500 g/mol. The fraction of sp³-hybridized carbons (Fsp3) is 0.671. The maximum absolute atomic E-state index is 13.1. The highest BCUT2D eigenvalue weighted by Crippen LogP contribution is 2.45. The van der Waals surface area contributed by atoms with E-state index in [0.29, 0.717) is 32.1 Å². The van der Waals surface area contributed by atoms with Gasteiger partial charge in [0.15, 0.2) is 12.2 Å². The fourth-order valence-corrected chi connectivity index (χ4v) is 11.8. The highest BCUT2D eigenvalue weighted by atomic mass is 31.2. The van der Waals surface area contributed by atoms with Crippen LogP contribution in [0.5, 0.6) is 0 Å². The molecule has 0 amide bonds. The Morgan fingerprint density at radius 1 is 0.279 bits per heavy atom. The van der Waals surface area contributed by atoms with Gasteiger partial charge in [-0.25, -0.2) is 9.13 Å². The Kier molecular flexibility index (Phi) is 72.4.